The summed E-state index contributed by atoms with van der Waals surface area (Å²) < 4.78 is 6.28. The van der Waals surface area contributed by atoms with Gasteiger partial charge in [-0.2, -0.15) is 0 Å². The molecule has 5 rings (SSSR count). The molecule has 0 saturated heterocycles. The molecule has 2 amide bonds. The number of rotatable bonds is 7. The lowest BCUT2D eigenvalue weighted by atomic mass is 9.88. The molecule has 0 aromatic heterocycles. The normalized spacial score (nSPS) is 20.2. The van der Waals surface area contributed by atoms with Crippen LogP contribution >= 0.6 is 0 Å². The van der Waals surface area contributed by atoms with Crippen molar-refractivity contribution in [2.24, 2.45) is 10.7 Å². The van der Waals surface area contributed by atoms with Gasteiger partial charge in [0.2, 0.25) is 5.91 Å². The van der Waals surface area contributed by atoms with Gasteiger partial charge in [-0.1, -0.05) is 74.5 Å². The Bertz CT molecular complexity index is 1350. The molecule has 7 heteroatoms. The zero-order valence-corrected chi connectivity index (χ0v) is 21.9. The Labute approximate surface area is 223 Å². The van der Waals surface area contributed by atoms with E-state index in [9.17, 15) is 9.59 Å². The first-order valence-electron chi connectivity index (χ1n) is 13.3. The predicted molar refractivity (Wildman–Crippen MR) is 148 cm³/mol. The van der Waals surface area contributed by atoms with Crippen molar-refractivity contribution in [3.8, 4) is 5.75 Å². The number of aliphatic imine (C=N–C) groups is 1. The quantitative estimate of drug-likeness (QED) is 0.452. The Hall–Kier alpha value is -4.13. The summed E-state index contributed by atoms with van der Waals surface area (Å²) in [6.07, 6.45) is 2.33. The van der Waals surface area contributed by atoms with Crippen molar-refractivity contribution in [2.45, 2.75) is 63.8 Å². The van der Waals surface area contributed by atoms with Gasteiger partial charge < -0.3 is 15.8 Å². The lowest BCUT2D eigenvalue weighted by Crippen LogP contribution is -2.50. The third-order valence-electron chi connectivity index (χ3n) is 7.75. The Kier molecular flexibility index (Phi) is 7.18. The number of benzene rings is 3. The molecule has 3 N–H and O–H groups in total. The van der Waals surface area contributed by atoms with Gasteiger partial charge >= 0.3 is 0 Å². The molecular weight excluding hydrogens is 476 g/mol. The van der Waals surface area contributed by atoms with E-state index < -0.39 is 5.54 Å². The minimum atomic E-state index is -0.420. The summed E-state index contributed by atoms with van der Waals surface area (Å²) in [7, 11) is 0. The highest BCUT2D eigenvalue weighted by Crippen LogP contribution is 2.40. The molecule has 0 bridgehead atoms. The van der Waals surface area contributed by atoms with Crippen LogP contribution < -0.4 is 15.8 Å². The molecule has 0 radical (unpaired) electrons. The number of ether oxygens (including phenoxy) is 1. The van der Waals surface area contributed by atoms with Gasteiger partial charge in [-0.3, -0.25) is 14.5 Å². The molecule has 2 heterocycles. The number of nitrogens with one attached hydrogen (secondary N) is 1. The second-order valence-corrected chi connectivity index (χ2v) is 10.1. The van der Waals surface area contributed by atoms with Gasteiger partial charge in [0.25, 0.3) is 5.91 Å². The summed E-state index contributed by atoms with van der Waals surface area (Å²) in [5.74, 6) is 0.801. The van der Waals surface area contributed by atoms with Crippen LogP contribution in [0.2, 0.25) is 0 Å². The molecule has 7 nitrogen and oxygen atoms in total. The van der Waals surface area contributed by atoms with Gasteiger partial charge in [0.15, 0.2) is 5.96 Å². The van der Waals surface area contributed by atoms with Gasteiger partial charge in [0, 0.05) is 17.5 Å². The number of carbonyl (C=O) groups excluding carboxylic acids is 2. The molecule has 0 aliphatic carbocycles. The standard InChI is InChI=1S/C31H34N4O3/c1-3-31(4-2)19-28(36)35(30(32)34-31)20-21-11-10-14-23(17-21)29(37)33-25-18-27(22-12-6-5-7-13-22)38-26-16-9-8-15-24(25)26/h5-17,25,27H,3-4,18-20H2,1-2H3,(H2,32,34)(H,33,37)/t25-,27?/m0/s1. The van der Waals surface area contributed by atoms with Gasteiger partial charge in [-0.15, -0.1) is 0 Å². The fraction of sp³-hybridized carbons (Fsp3) is 0.323. The number of guanidine groups is 1. The summed E-state index contributed by atoms with van der Waals surface area (Å²) in [5, 5.41) is 3.22. The second-order valence-electron chi connectivity index (χ2n) is 10.1. The van der Waals surface area contributed by atoms with E-state index in [-0.39, 0.29) is 36.5 Å². The van der Waals surface area contributed by atoms with Crippen molar-refractivity contribution in [2.75, 3.05) is 0 Å². The van der Waals surface area contributed by atoms with Crippen molar-refractivity contribution in [1.29, 1.82) is 0 Å². The van der Waals surface area contributed by atoms with Gasteiger partial charge in [0.1, 0.15) is 11.9 Å². The molecule has 0 fully saturated rings. The zero-order chi connectivity index (χ0) is 26.7. The lowest BCUT2D eigenvalue weighted by Gasteiger charge is -2.36. The number of fused-ring (bicyclic) bond motifs is 1. The smallest absolute Gasteiger partial charge is 0.251 e. The number of carbonyl (C=O) groups is 2. The van der Waals surface area contributed by atoms with E-state index in [1.54, 1.807) is 6.07 Å². The fourth-order valence-electron chi connectivity index (χ4n) is 5.34. The van der Waals surface area contributed by atoms with Gasteiger partial charge in [-0.05, 0) is 42.2 Å². The first kappa shape index (κ1) is 25.5. The average molecular weight is 511 g/mol. The molecular formula is C31H34N4O3. The van der Waals surface area contributed by atoms with Crippen LogP contribution in [0.5, 0.6) is 5.75 Å². The Morgan fingerprint density at radius 3 is 2.53 bits per heavy atom. The van der Waals surface area contributed by atoms with E-state index in [2.05, 4.69) is 10.3 Å². The maximum atomic E-state index is 13.4. The minimum absolute atomic E-state index is 0.0400. The zero-order valence-electron chi connectivity index (χ0n) is 21.9. The van der Waals surface area contributed by atoms with E-state index in [1.165, 1.54) is 4.90 Å². The Morgan fingerprint density at radius 2 is 1.79 bits per heavy atom. The number of nitrogens with zero attached hydrogens (tertiary/aromatic N) is 2. The molecule has 2 aliphatic heterocycles. The van der Waals surface area contributed by atoms with Crippen LogP contribution in [-0.4, -0.2) is 28.2 Å². The molecule has 1 unspecified atom stereocenters. The number of para-hydroxylation sites is 1. The summed E-state index contributed by atoms with van der Waals surface area (Å²) in [6.45, 7) is 4.34. The highest BCUT2D eigenvalue weighted by atomic mass is 16.5. The number of hydrogen-bond acceptors (Lipinski definition) is 5. The largest absolute Gasteiger partial charge is 0.485 e. The SMILES string of the molecule is CCC1(CC)CC(=O)N(Cc2cccc(C(=O)N[C@H]3CC(c4ccccc4)Oc4ccccc43)c2)C(N)=N1. The number of hydrogen-bond donors (Lipinski definition) is 2. The molecule has 0 saturated carbocycles. The third-order valence-corrected chi connectivity index (χ3v) is 7.75. The second kappa shape index (κ2) is 10.7. The maximum Gasteiger partial charge on any atom is 0.251 e. The maximum absolute atomic E-state index is 13.4. The van der Waals surface area contributed by atoms with Gasteiger partial charge in [0.05, 0.1) is 24.5 Å². The van der Waals surface area contributed by atoms with Crippen LogP contribution in [0.4, 0.5) is 0 Å². The van der Waals surface area contributed by atoms with E-state index in [0.717, 1.165) is 35.3 Å². The van der Waals surface area contributed by atoms with Crippen molar-refractivity contribution >= 4 is 17.8 Å². The van der Waals surface area contributed by atoms with Crippen LogP contribution in [0.1, 0.15) is 78.7 Å². The fourth-order valence-corrected chi connectivity index (χ4v) is 5.34. The molecule has 0 spiro atoms. The molecule has 38 heavy (non-hydrogen) atoms. The van der Waals surface area contributed by atoms with Crippen LogP contribution in [0, 0.1) is 0 Å². The summed E-state index contributed by atoms with van der Waals surface area (Å²) >= 11 is 0. The van der Waals surface area contributed by atoms with E-state index >= 15 is 0 Å². The average Bonchev–Trinajstić information content (AvgIpc) is 2.95. The van der Waals surface area contributed by atoms with E-state index in [0.29, 0.717) is 18.4 Å². The highest BCUT2D eigenvalue weighted by Gasteiger charge is 2.37. The summed E-state index contributed by atoms with van der Waals surface area (Å²) in [5.41, 5.74) is 9.20. The van der Waals surface area contributed by atoms with E-state index in [1.807, 2.05) is 86.6 Å². The van der Waals surface area contributed by atoms with Gasteiger partial charge in [-0.25, -0.2) is 4.99 Å². The van der Waals surface area contributed by atoms with Crippen molar-refractivity contribution < 1.29 is 14.3 Å². The summed E-state index contributed by atoms with van der Waals surface area (Å²) in [6, 6.07) is 25.0. The first-order chi connectivity index (χ1) is 18.4. The first-order valence-corrected chi connectivity index (χ1v) is 13.3. The minimum Gasteiger partial charge on any atom is -0.485 e. The molecule has 2 atom stereocenters. The molecule has 2 aliphatic rings. The predicted octanol–water partition coefficient (Wildman–Crippen LogP) is 5.29. The number of amides is 2. The van der Waals surface area contributed by atoms with Crippen LogP contribution in [-0.2, 0) is 11.3 Å². The summed E-state index contributed by atoms with van der Waals surface area (Å²) in [4.78, 5) is 32.6. The van der Waals surface area contributed by atoms with Crippen LogP contribution in [0.15, 0.2) is 83.9 Å². The van der Waals surface area contributed by atoms with Crippen LogP contribution in [0.25, 0.3) is 0 Å². The van der Waals surface area contributed by atoms with Crippen molar-refractivity contribution in [1.82, 2.24) is 10.2 Å². The molecule has 196 valence electrons. The third kappa shape index (κ3) is 5.14. The van der Waals surface area contributed by atoms with Crippen molar-refractivity contribution in [3.05, 3.63) is 101 Å². The molecule has 3 aromatic rings. The number of nitrogens with two attached hydrogens (primary N) is 1. The monoisotopic (exact) mass is 510 g/mol. The Morgan fingerprint density at radius 1 is 1.05 bits per heavy atom. The lowest BCUT2D eigenvalue weighted by molar-refractivity contribution is -0.130. The van der Waals surface area contributed by atoms with Crippen molar-refractivity contribution in [3.63, 3.8) is 0 Å². The topological polar surface area (TPSA) is 97.0 Å². The Balaban J connectivity index is 1.34. The van der Waals surface area contributed by atoms with Crippen LogP contribution in [0.3, 0.4) is 0 Å². The highest BCUT2D eigenvalue weighted by molar-refractivity contribution is 5.99. The molecule has 3 aromatic carbocycles. The van der Waals surface area contributed by atoms with E-state index in [4.69, 9.17) is 10.5 Å².